The van der Waals surface area contributed by atoms with Crippen LogP contribution in [0.1, 0.15) is 11.1 Å². The maximum absolute atomic E-state index is 13.4. The van der Waals surface area contributed by atoms with Gasteiger partial charge in [0, 0.05) is 31.0 Å². The van der Waals surface area contributed by atoms with Crippen LogP contribution in [-0.4, -0.2) is 11.6 Å². The van der Waals surface area contributed by atoms with Crippen molar-refractivity contribution in [1.82, 2.24) is 9.88 Å². The summed E-state index contributed by atoms with van der Waals surface area (Å²) in [4.78, 5) is 0. The van der Waals surface area contributed by atoms with Gasteiger partial charge in [-0.25, -0.2) is 8.78 Å². The van der Waals surface area contributed by atoms with Crippen molar-refractivity contribution in [2.75, 3.05) is 7.05 Å². The Labute approximate surface area is 98.9 Å². The third kappa shape index (κ3) is 2.71. The molecule has 0 aliphatic heterocycles. The molecule has 0 bridgehead atoms. The third-order valence-corrected chi connectivity index (χ3v) is 2.58. The fourth-order valence-corrected chi connectivity index (χ4v) is 1.76. The molecule has 17 heavy (non-hydrogen) atoms. The highest BCUT2D eigenvalue weighted by Crippen LogP contribution is 2.13. The largest absolute Gasteiger partial charge is 0.349 e. The van der Waals surface area contributed by atoms with Crippen molar-refractivity contribution in [3.63, 3.8) is 0 Å². The molecule has 0 saturated heterocycles. The van der Waals surface area contributed by atoms with Gasteiger partial charge in [-0.1, -0.05) is 12.1 Å². The van der Waals surface area contributed by atoms with Gasteiger partial charge < -0.3 is 9.88 Å². The summed E-state index contributed by atoms with van der Waals surface area (Å²) in [7, 11) is 1.86. The van der Waals surface area contributed by atoms with Gasteiger partial charge in [0.15, 0.2) is 11.6 Å². The Kier molecular flexibility index (Phi) is 3.54. The first-order valence-electron chi connectivity index (χ1n) is 5.43. The number of benzene rings is 1. The van der Waals surface area contributed by atoms with Crippen LogP contribution in [0, 0.1) is 11.6 Å². The summed E-state index contributed by atoms with van der Waals surface area (Å²) in [5.41, 5.74) is 1.47. The predicted molar refractivity (Wildman–Crippen MR) is 62.7 cm³/mol. The molecule has 0 unspecified atom stereocenters. The van der Waals surface area contributed by atoms with E-state index < -0.39 is 11.6 Å². The fraction of sp³-hybridized carbons (Fsp3) is 0.231. The monoisotopic (exact) mass is 236 g/mol. The third-order valence-electron chi connectivity index (χ3n) is 2.58. The van der Waals surface area contributed by atoms with Crippen molar-refractivity contribution in [2.24, 2.45) is 0 Å². The van der Waals surface area contributed by atoms with E-state index >= 15 is 0 Å². The van der Waals surface area contributed by atoms with Crippen LogP contribution in [0.4, 0.5) is 8.78 Å². The van der Waals surface area contributed by atoms with Gasteiger partial charge in [-0.05, 0) is 24.7 Å². The van der Waals surface area contributed by atoms with Crippen LogP contribution < -0.4 is 5.32 Å². The van der Waals surface area contributed by atoms with Crippen LogP contribution in [0.15, 0.2) is 36.7 Å². The Morgan fingerprint density at radius 2 is 2.06 bits per heavy atom. The molecule has 0 spiro atoms. The molecule has 1 N–H and O–H groups in total. The van der Waals surface area contributed by atoms with Gasteiger partial charge in [-0.15, -0.1) is 0 Å². The second-order valence-corrected chi connectivity index (χ2v) is 3.94. The van der Waals surface area contributed by atoms with Crippen molar-refractivity contribution in [3.8, 4) is 0 Å². The van der Waals surface area contributed by atoms with Crippen molar-refractivity contribution in [1.29, 1.82) is 0 Å². The number of halogens is 2. The molecule has 0 atom stereocenters. The van der Waals surface area contributed by atoms with E-state index in [4.69, 9.17) is 0 Å². The molecular weight excluding hydrogens is 222 g/mol. The van der Waals surface area contributed by atoms with Crippen LogP contribution in [0.25, 0.3) is 0 Å². The number of hydrogen-bond acceptors (Lipinski definition) is 1. The SMILES string of the molecule is CNCc1ccn(Cc2cccc(F)c2F)c1. The lowest BCUT2D eigenvalue weighted by molar-refractivity contribution is 0.495. The summed E-state index contributed by atoms with van der Waals surface area (Å²) in [5.74, 6) is -1.57. The zero-order valence-electron chi connectivity index (χ0n) is 9.58. The van der Waals surface area contributed by atoms with Gasteiger partial charge in [0.25, 0.3) is 0 Å². The van der Waals surface area contributed by atoms with Crippen molar-refractivity contribution >= 4 is 0 Å². The van der Waals surface area contributed by atoms with Gasteiger partial charge >= 0.3 is 0 Å². The minimum absolute atomic E-state index is 0.341. The van der Waals surface area contributed by atoms with E-state index in [0.29, 0.717) is 12.1 Å². The van der Waals surface area contributed by atoms with Gasteiger partial charge in [-0.2, -0.15) is 0 Å². The first-order valence-corrected chi connectivity index (χ1v) is 5.43. The number of aromatic nitrogens is 1. The lowest BCUT2D eigenvalue weighted by Crippen LogP contribution is -2.04. The molecular formula is C13H14F2N2. The van der Waals surface area contributed by atoms with Crippen LogP contribution in [0.5, 0.6) is 0 Å². The quantitative estimate of drug-likeness (QED) is 0.863. The normalized spacial score (nSPS) is 10.8. The zero-order valence-corrected chi connectivity index (χ0v) is 9.58. The number of rotatable bonds is 4. The molecule has 1 aromatic carbocycles. The molecule has 1 heterocycles. The summed E-state index contributed by atoms with van der Waals surface area (Å²) in [5, 5.41) is 3.03. The molecule has 0 fully saturated rings. The molecule has 4 heteroatoms. The Hall–Kier alpha value is -1.68. The van der Waals surface area contributed by atoms with Crippen molar-refractivity contribution in [2.45, 2.75) is 13.1 Å². The van der Waals surface area contributed by atoms with Crippen molar-refractivity contribution < 1.29 is 8.78 Å². The molecule has 2 nitrogen and oxygen atoms in total. The average molecular weight is 236 g/mol. The summed E-state index contributed by atoms with van der Waals surface area (Å²) in [6, 6.07) is 6.19. The fourth-order valence-electron chi connectivity index (χ4n) is 1.76. The van der Waals surface area contributed by atoms with Gasteiger partial charge in [0.1, 0.15) is 0 Å². The van der Waals surface area contributed by atoms with E-state index in [2.05, 4.69) is 5.32 Å². The molecule has 2 aromatic rings. The number of nitrogens with one attached hydrogen (secondary N) is 1. The molecule has 2 rings (SSSR count). The number of hydrogen-bond donors (Lipinski definition) is 1. The van der Waals surface area contributed by atoms with Crippen LogP contribution in [0.2, 0.25) is 0 Å². The maximum Gasteiger partial charge on any atom is 0.163 e. The van der Waals surface area contributed by atoms with Gasteiger partial charge in [0.05, 0.1) is 0 Å². The standard InChI is InChI=1S/C13H14F2N2/c1-16-7-10-5-6-17(8-10)9-11-3-2-4-12(14)13(11)15/h2-6,8,16H,7,9H2,1H3. The van der Waals surface area contributed by atoms with Crippen molar-refractivity contribution in [3.05, 3.63) is 59.4 Å². The predicted octanol–water partition coefficient (Wildman–Crippen LogP) is 2.53. The molecule has 1 aromatic heterocycles. The summed E-state index contributed by atoms with van der Waals surface area (Å²) in [6.45, 7) is 1.10. The molecule has 0 aliphatic carbocycles. The summed E-state index contributed by atoms with van der Waals surface area (Å²) in [6.07, 6.45) is 3.78. The van der Waals surface area contributed by atoms with Gasteiger partial charge in [0.2, 0.25) is 0 Å². The van der Waals surface area contributed by atoms with Gasteiger partial charge in [-0.3, -0.25) is 0 Å². The first kappa shape index (κ1) is 11.8. The Morgan fingerprint density at radius 3 is 2.82 bits per heavy atom. The first-order chi connectivity index (χ1) is 8.20. The lowest BCUT2D eigenvalue weighted by atomic mass is 10.2. The van der Waals surface area contributed by atoms with Crippen LogP contribution >= 0.6 is 0 Å². The molecule has 0 radical (unpaired) electrons. The smallest absolute Gasteiger partial charge is 0.163 e. The molecule has 90 valence electrons. The second-order valence-electron chi connectivity index (χ2n) is 3.94. The highest BCUT2D eigenvalue weighted by Gasteiger charge is 2.07. The highest BCUT2D eigenvalue weighted by molar-refractivity contribution is 5.20. The lowest BCUT2D eigenvalue weighted by Gasteiger charge is -2.05. The summed E-state index contributed by atoms with van der Waals surface area (Å²) >= 11 is 0. The minimum Gasteiger partial charge on any atom is -0.349 e. The number of nitrogens with zero attached hydrogens (tertiary/aromatic N) is 1. The minimum atomic E-state index is -0.801. The van der Waals surface area contributed by atoms with Crippen LogP contribution in [-0.2, 0) is 13.1 Å². The second kappa shape index (κ2) is 5.10. The molecule has 0 aliphatic rings. The Morgan fingerprint density at radius 1 is 1.24 bits per heavy atom. The van der Waals surface area contributed by atoms with E-state index in [1.165, 1.54) is 6.07 Å². The van der Waals surface area contributed by atoms with E-state index in [1.54, 1.807) is 6.07 Å². The average Bonchev–Trinajstić information content (AvgIpc) is 2.73. The van der Waals surface area contributed by atoms with E-state index in [9.17, 15) is 8.78 Å². The zero-order chi connectivity index (χ0) is 12.3. The highest BCUT2D eigenvalue weighted by atomic mass is 19.2. The maximum atomic E-state index is 13.4. The van der Waals surface area contributed by atoms with E-state index in [0.717, 1.165) is 18.2 Å². The summed E-state index contributed by atoms with van der Waals surface area (Å²) < 4.78 is 28.3. The van der Waals surface area contributed by atoms with E-state index in [1.807, 2.05) is 30.1 Å². The Balaban J connectivity index is 2.16. The topological polar surface area (TPSA) is 17.0 Å². The van der Waals surface area contributed by atoms with E-state index in [-0.39, 0.29) is 0 Å². The molecule has 0 amide bonds. The molecule has 0 saturated carbocycles. The Bertz CT molecular complexity index is 506. The van der Waals surface area contributed by atoms with Crippen LogP contribution in [0.3, 0.4) is 0 Å².